The predicted molar refractivity (Wildman–Crippen MR) is 84.8 cm³/mol. The van der Waals surface area contributed by atoms with E-state index in [1.807, 2.05) is 19.9 Å². The van der Waals surface area contributed by atoms with Gasteiger partial charge >= 0.3 is 6.03 Å². The Morgan fingerprint density at radius 3 is 2.57 bits per heavy atom. The minimum absolute atomic E-state index is 0.0253. The second-order valence-electron chi connectivity index (χ2n) is 5.54. The number of carbonyl (C=O) groups is 1. The van der Waals surface area contributed by atoms with Gasteiger partial charge in [0.25, 0.3) is 0 Å². The molecule has 2 amide bonds. The lowest BCUT2D eigenvalue weighted by molar-refractivity contribution is 0.209. The van der Waals surface area contributed by atoms with Crippen LogP contribution in [0.25, 0.3) is 0 Å². The summed E-state index contributed by atoms with van der Waals surface area (Å²) in [7, 11) is -1.41. The van der Waals surface area contributed by atoms with Crippen LogP contribution in [0.15, 0.2) is 12.1 Å². The lowest BCUT2D eigenvalue weighted by Gasteiger charge is -2.24. The van der Waals surface area contributed by atoms with E-state index in [-0.39, 0.29) is 23.6 Å². The van der Waals surface area contributed by atoms with E-state index in [1.54, 1.807) is 13.1 Å². The first-order valence-corrected chi connectivity index (χ1v) is 8.90. The van der Waals surface area contributed by atoms with Gasteiger partial charge in [-0.15, -0.1) is 0 Å². The summed E-state index contributed by atoms with van der Waals surface area (Å²) in [5.74, 6) is 0.164. The fourth-order valence-corrected chi connectivity index (χ4v) is 4.66. The van der Waals surface area contributed by atoms with Crippen LogP contribution in [-0.2, 0) is 9.84 Å². The molecule has 5 nitrogen and oxygen atoms in total. The lowest BCUT2D eigenvalue weighted by Crippen LogP contribution is -2.40. The summed E-state index contributed by atoms with van der Waals surface area (Å²) in [5, 5.41) is 3.25. The van der Waals surface area contributed by atoms with Crippen molar-refractivity contribution in [3.8, 4) is 0 Å². The number of hydrogen-bond donors (Lipinski definition) is 1. The van der Waals surface area contributed by atoms with Crippen LogP contribution < -0.4 is 5.32 Å². The summed E-state index contributed by atoms with van der Waals surface area (Å²) in [4.78, 5) is 13.7. The maximum Gasteiger partial charge on any atom is 0.321 e. The molecule has 116 valence electrons. The van der Waals surface area contributed by atoms with E-state index in [0.717, 1.165) is 11.1 Å². The highest BCUT2D eigenvalue weighted by Crippen LogP contribution is 2.28. The fraction of sp³-hybridized carbons (Fsp3) is 0.500. The quantitative estimate of drug-likeness (QED) is 0.906. The largest absolute Gasteiger partial charge is 0.324 e. The van der Waals surface area contributed by atoms with Gasteiger partial charge in [0.05, 0.1) is 22.2 Å². The molecule has 1 aliphatic heterocycles. The van der Waals surface area contributed by atoms with Gasteiger partial charge in [-0.2, -0.15) is 0 Å². The maximum absolute atomic E-state index is 12.3. The van der Waals surface area contributed by atoms with Crippen LogP contribution in [0.4, 0.5) is 10.5 Å². The molecule has 1 atom stereocenters. The zero-order valence-electron chi connectivity index (χ0n) is 12.3. The third-order valence-electron chi connectivity index (χ3n) is 3.74. The molecular weight excluding hydrogens is 312 g/mol. The SMILES string of the molecule is Cc1cc(C)c(NC(=O)N(C)C2CCS(=O)(=O)C2)c(Cl)c1. The first-order valence-electron chi connectivity index (χ1n) is 6.70. The molecule has 0 aromatic heterocycles. The zero-order valence-corrected chi connectivity index (χ0v) is 13.9. The summed E-state index contributed by atoms with van der Waals surface area (Å²) in [5.41, 5.74) is 2.46. The van der Waals surface area contributed by atoms with Crippen LogP contribution in [0.2, 0.25) is 5.02 Å². The highest BCUT2D eigenvalue weighted by molar-refractivity contribution is 7.91. The summed E-state index contributed by atoms with van der Waals surface area (Å²) >= 11 is 6.16. The van der Waals surface area contributed by atoms with Crippen molar-refractivity contribution in [1.82, 2.24) is 4.90 Å². The average Bonchev–Trinajstić information content (AvgIpc) is 2.73. The van der Waals surface area contributed by atoms with Gasteiger partial charge in [-0.25, -0.2) is 13.2 Å². The molecule has 1 aliphatic rings. The lowest BCUT2D eigenvalue weighted by atomic mass is 10.1. The van der Waals surface area contributed by atoms with Crippen molar-refractivity contribution in [1.29, 1.82) is 0 Å². The minimum atomic E-state index is -3.02. The second-order valence-corrected chi connectivity index (χ2v) is 8.17. The number of anilines is 1. The molecule has 1 aromatic rings. The standard InChI is InChI=1S/C14H19ClN2O3S/c1-9-6-10(2)13(12(15)7-9)16-14(18)17(3)11-4-5-21(19,20)8-11/h6-7,11H,4-5,8H2,1-3H3,(H,16,18). The molecular formula is C14H19ClN2O3S. The third kappa shape index (κ3) is 3.68. The number of benzene rings is 1. The Hall–Kier alpha value is -1.27. The number of carbonyl (C=O) groups excluding carboxylic acids is 1. The minimum Gasteiger partial charge on any atom is -0.324 e. The van der Waals surface area contributed by atoms with Crippen LogP contribution in [0, 0.1) is 13.8 Å². The van der Waals surface area contributed by atoms with Crippen LogP contribution in [0.5, 0.6) is 0 Å². The van der Waals surface area contributed by atoms with Gasteiger partial charge in [0.1, 0.15) is 0 Å². The molecule has 1 unspecified atom stereocenters. The van der Waals surface area contributed by atoms with Crippen molar-refractivity contribution in [3.63, 3.8) is 0 Å². The Kier molecular flexibility index (Phi) is 4.49. The average molecular weight is 331 g/mol. The predicted octanol–water partition coefficient (Wildman–Crippen LogP) is 2.61. The molecule has 1 saturated heterocycles. The Bertz CT molecular complexity index is 650. The van der Waals surface area contributed by atoms with Crippen LogP contribution in [0.3, 0.4) is 0 Å². The topological polar surface area (TPSA) is 66.5 Å². The van der Waals surface area contributed by atoms with Crippen molar-refractivity contribution in [2.75, 3.05) is 23.9 Å². The Morgan fingerprint density at radius 2 is 2.05 bits per heavy atom. The monoisotopic (exact) mass is 330 g/mol. The highest BCUT2D eigenvalue weighted by Gasteiger charge is 2.32. The van der Waals surface area contributed by atoms with Gasteiger partial charge in [-0.3, -0.25) is 0 Å². The van der Waals surface area contributed by atoms with Crippen molar-refractivity contribution in [3.05, 3.63) is 28.3 Å². The van der Waals surface area contributed by atoms with Crippen LogP contribution in [0.1, 0.15) is 17.5 Å². The summed E-state index contributed by atoms with van der Waals surface area (Å²) in [6.45, 7) is 3.80. The van der Waals surface area contributed by atoms with Crippen molar-refractivity contribution < 1.29 is 13.2 Å². The van der Waals surface area contributed by atoms with E-state index in [4.69, 9.17) is 11.6 Å². The normalized spacial score (nSPS) is 20.3. The number of nitrogens with one attached hydrogen (secondary N) is 1. The Morgan fingerprint density at radius 1 is 1.38 bits per heavy atom. The van der Waals surface area contributed by atoms with Crippen molar-refractivity contribution in [2.24, 2.45) is 0 Å². The van der Waals surface area contributed by atoms with Gasteiger partial charge in [0.15, 0.2) is 9.84 Å². The number of rotatable bonds is 2. The van der Waals surface area contributed by atoms with E-state index in [2.05, 4.69) is 5.32 Å². The number of halogens is 1. The molecule has 0 spiro atoms. The molecule has 21 heavy (non-hydrogen) atoms. The van der Waals surface area contributed by atoms with Gasteiger partial charge in [0.2, 0.25) is 0 Å². The molecule has 0 saturated carbocycles. The number of sulfone groups is 1. The highest BCUT2D eigenvalue weighted by atomic mass is 35.5. The number of urea groups is 1. The molecule has 2 rings (SSSR count). The number of hydrogen-bond acceptors (Lipinski definition) is 3. The number of nitrogens with zero attached hydrogens (tertiary/aromatic N) is 1. The van der Waals surface area contributed by atoms with E-state index in [1.165, 1.54) is 4.90 Å². The zero-order chi connectivity index (χ0) is 15.8. The summed E-state index contributed by atoms with van der Waals surface area (Å²) in [6.07, 6.45) is 0.479. The molecule has 1 heterocycles. The van der Waals surface area contributed by atoms with Gasteiger partial charge in [-0.1, -0.05) is 17.7 Å². The van der Waals surface area contributed by atoms with E-state index in [0.29, 0.717) is 17.1 Å². The molecule has 0 radical (unpaired) electrons. The molecule has 0 bridgehead atoms. The van der Waals surface area contributed by atoms with E-state index in [9.17, 15) is 13.2 Å². The molecule has 1 N–H and O–H groups in total. The first kappa shape index (κ1) is 16.1. The molecule has 1 fully saturated rings. The fourth-order valence-electron chi connectivity index (χ4n) is 2.52. The van der Waals surface area contributed by atoms with E-state index < -0.39 is 9.84 Å². The Labute approximate surface area is 130 Å². The summed E-state index contributed by atoms with van der Waals surface area (Å²) in [6, 6.07) is 3.09. The smallest absolute Gasteiger partial charge is 0.321 e. The number of amides is 2. The van der Waals surface area contributed by atoms with Crippen molar-refractivity contribution >= 4 is 33.2 Å². The van der Waals surface area contributed by atoms with E-state index >= 15 is 0 Å². The van der Waals surface area contributed by atoms with Crippen molar-refractivity contribution in [2.45, 2.75) is 26.3 Å². The first-order chi connectivity index (χ1) is 9.69. The van der Waals surface area contributed by atoms with Gasteiger partial charge in [-0.05, 0) is 37.5 Å². The molecule has 0 aliphatic carbocycles. The maximum atomic E-state index is 12.3. The van der Waals surface area contributed by atoms with Gasteiger partial charge in [0, 0.05) is 13.1 Å². The third-order valence-corrected chi connectivity index (χ3v) is 5.79. The summed E-state index contributed by atoms with van der Waals surface area (Å²) < 4.78 is 23.0. The Balaban J connectivity index is 2.12. The molecule has 7 heteroatoms. The second kappa shape index (κ2) is 5.85. The van der Waals surface area contributed by atoms with Crippen LogP contribution >= 0.6 is 11.6 Å². The van der Waals surface area contributed by atoms with Gasteiger partial charge < -0.3 is 10.2 Å². The number of aryl methyl sites for hydroxylation is 2. The molecule has 1 aromatic carbocycles. The van der Waals surface area contributed by atoms with Crippen LogP contribution in [-0.4, -0.2) is 43.9 Å².